The summed E-state index contributed by atoms with van der Waals surface area (Å²) in [4.78, 5) is 0. The standard InChI is InChI=1S/C16H16Cl3N/c1-2-16(11-3-6-13(17)7-4-11)20-10-12-5-8-14(18)9-15(12)19/h3-9,16,20H,2,10H2,1H3. The molecule has 20 heavy (non-hydrogen) atoms. The van der Waals surface area contributed by atoms with E-state index in [0.717, 1.165) is 17.0 Å². The van der Waals surface area contributed by atoms with Gasteiger partial charge >= 0.3 is 0 Å². The Bertz CT molecular complexity index is 566. The smallest absolute Gasteiger partial charge is 0.0465 e. The topological polar surface area (TPSA) is 12.0 Å². The van der Waals surface area contributed by atoms with Crippen LogP contribution in [0.3, 0.4) is 0 Å². The van der Waals surface area contributed by atoms with Gasteiger partial charge in [-0.2, -0.15) is 0 Å². The minimum atomic E-state index is 0.277. The number of halogens is 3. The van der Waals surface area contributed by atoms with E-state index in [2.05, 4.69) is 12.2 Å². The molecule has 2 rings (SSSR count). The highest BCUT2D eigenvalue weighted by atomic mass is 35.5. The van der Waals surface area contributed by atoms with Gasteiger partial charge in [0.15, 0.2) is 0 Å². The predicted octanol–water partition coefficient (Wildman–Crippen LogP) is 5.89. The molecule has 2 aromatic carbocycles. The maximum atomic E-state index is 6.18. The Morgan fingerprint density at radius 3 is 2.20 bits per heavy atom. The molecule has 0 aliphatic rings. The van der Waals surface area contributed by atoms with Crippen molar-refractivity contribution < 1.29 is 0 Å². The van der Waals surface area contributed by atoms with Crippen LogP contribution in [0.5, 0.6) is 0 Å². The van der Waals surface area contributed by atoms with Crippen LogP contribution in [0.4, 0.5) is 0 Å². The van der Waals surface area contributed by atoms with Gasteiger partial charge in [0.25, 0.3) is 0 Å². The molecule has 1 atom stereocenters. The molecule has 4 heteroatoms. The van der Waals surface area contributed by atoms with Crippen molar-refractivity contribution in [3.05, 3.63) is 68.7 Å². The average molecular weight is 329 g/mol. The predicted molar refractivity (Wildman–Crippen MR) is 87.8 cm³/mol. The summed E-state index contributed by atoms with van der Waals surface area (Å²) in [6.45, 7) is 2.85. The van der Waals surface area contributed by atoms with E-state index in [1.54, 1.807) is 6.07 Å². The Kier molecular flexibility index (Phi) is 5.74. The van der Waals surface area contributed by atoms with Crippen LogP contribution in [0, 0.1) is 0 Å². The summed E-state index contributed by atoms with van der Waals surface area (Å²) < 4.78 is 0. The third kappa shape index (κ3) is 4.13. The van der Waals surface area contributed by atoms with Gasteiger partial charge in [0.05, 0.1) is 0 Å². The number of benzene rings is 2. The van der Waals surface area contributed by atoms with Crippen molar-refractivity contribution in [2.75, 3.05) is 0 Å². The van der Waals surface area contributed by atoms with Gasteiger partial charge in [-0.3, -0.25) is 0 Å². The molecule has 1 unspecified atom stereocenters. The Labute approximate surface area is 134 Å². The second-order valence-electron chi connectivity index (χ2n) is 4.63. The minimum Gasteiger partial charge on any atom is -0.306 e. The Morgan fingerprint density at radius 1 is 0.950 bits per heavy atom. The van der Waals surface area contributed by atoms with Crippen molar-refractivity contribution in [2.24, 2.45) is 0 Å². The fraction of sp³-hybridized carbons (Fsp3) is 0.250. The van der Waals surface area contributed by atoms with Crippen LogP contribution in [0.25, 0.3) is 0 Å². The Hall–Kier alpha value is -0.730. The molecule has 0 saturated heterocycles. The Balaban J connectivity index is 2.05. The van der Waals surface area contributed by atoms with E-state index in [4.69, 9.17) is 34.8 Å². The SMILES string of the molecule is CCC(NCc1ccc(Cl)cc1Cl)c1ccc(Cl)cc1. The first-order valence-electron chi connectivity index (χ1n) is 6.53. The van der Waals surface area contributed by atoms with Crippen LogP contribution in [0.2, 0.25) is 15.1 Å². The second-order valence-corrected chi connectivity index (χ2v) is 5.91. The molecule has 0 aliphatic heterocycles. The quantitative estimate of drug-likeness (QED) is 0.722. The lowest BCUT2D eigenvalue weighted by atomic mass is 10.0. The highest BCUT2D eigenvalue weighted by Gasteiger charge is 2.09. The van der Waals surface area contributed by atoms with Gasteiger partial charge in [0.2, 0.25) is 0 Å². The van der Waals surface area contributed by atoms with Gasteiger partial charge in [-0.1, -0.05) is 59.9 Å². The molecule has 1 N–H and O–H groups in total. The molecule has 0 fully saturated rings. The summed E-state index contributed by atoms with van der Waals surface area (Å²) in [5.41, 5.74) is 2.27. The molecule has 0 heterocycles. The molecule has 0 amide bonds. The second kappa shape index (κ2) is 7.33. The number of hydrogen-bond donors (Lipinski definition) is 1. The third-order valence-corrected chi connectivity index (χ3v) is 4.07. The molecule has 0 aromatic heterocycles. The molecule has 2 aromatic rings. The highest BCUT2D eigenvalue weighted by Crippen LogP contribution is 2.23. The lowest BCUT2D eigenvalue weighted by molar-refractivity contribution is 0.519. The van der Waals surface area contributed by atoms with Crippen molar-refractivity contribution in [1.29, 1.82) is 0 Å². The van der Waals surface area contributed by atoms with E-state index in [1.807, 2.05) is 36.4 Å². The normalized spacial score (nSPS) is 12.4. The molecular formula is C16H16Cl3N. The zero-order chi connectivity index (χ0) is 14.5. The first-order chi connectivity index (χ1) is 9.60. The molecular weight excluding hydrogens is 313 g/mol. The van der Waals surface area contributed by atoms with E-state index in [9.17, 15) is 0 Å². The molecule has 0 aliphatic carbocycles. The van der Waals surface area contributed by atoms with Crippen molar-refractivity contribution in [3.8, 4) is 0 Å². The number of rotatable bonds is 5. The zero-order valence-electron chi connectivity index (χ0n) is 11.2. The van der Waals surface area contributed by atoms with Gasteiger partial charge < -0.3 is 5.32 Å². The monoisotopic (exact) mass is 327 g/mol. The Morgan fingerprint density at radius 2 is 1.60 bits per heavy atom. The van der Waals surface area contributed by atoms with E-state index >= 15 is 0 Å². The summed E-state index contributed by atoms with van der Waals surface area (Å²) in [6, 6.07) is 13.8. The van der Waals surface area contributed by atoms with E-state index in [-0.39, 0.29) is 6.04 Å². The highest BCUT2D eigenvalue weighted by molar-refractivity contribution is 6.35. The zero-order valence-corrected chi connectivity index (χ0v) is 13.4. The maximum absolute atomic E-state index is 6.18. The van der Waals surface area contributed by atoms with E-state index < -0.39 is 0 Å². The fourth-order valence-electron chi connectivity index (χ4n) is 2.09. The molecule has 1 nitrogen and oxygen atoms in total. The minimum absolute atomic E-state index is 0.277. The van der Waals surface area contributed by atoms with Crippen molar-refractivity contribution >= 4 is 34.8 Å². The van der Waals surface area contributed by atoms with Crippen LogP contribution in [0.1, 0.15) is 30.5 Å². The number of hydrogen-bond acceptors (Lipinski definition) is 1. The molecule has 106 valence electrons. The summed E-state index contributed by atoms with van der Waals surface area (Å²) in [5.74, 6) is 0. The summed E-state index contributed by atoms with van der Waals surface area (Å²) >= 11 is 18.0. The van der Waals surface area contributed by atoms with Crippen LogP contribution in [-0.2, 0) is 6.54 Å². The summed E-state index contributed by atoms with van der Waals surface area (Å²) in [7, 11) is 0. The van der Waals surface area contributed by atoms with Crippen LogP contribution < -0.4 is 5.32 Å². The largest absolute Gasteiger partial charge is 0.306 e. The fourth-order valence-corrected chi connectivity index (χ4v) is 2.69. The summed E-state index contributed by atoms with van der Waals surface area (Å²) in [5, 5.41) is 5.61. The van der Waals surface area contributed by atoms with Crippen molar-refractivity contribution in [2.45, 2.75) is 25.9 Å². The molecule has 0 bridgehead atoms. The van der Waals surface area contributed by atoms with Crippen molar-refractivity contribution in [3.63, 3.8) is 0 Å². The van der Waals surface area contributed by atoms with Crippen LogP contribution in [-0.4, -0.2) is 0 Å². The van der Waals surface area contributed by atoms with Crippen LogP contribution >= 0.6 is 34.8 Å². The first kappa shape index (κ1) is 15.7. The van der Waals surface area contributed by atoms with Crippen LogP contribution in [0.15, 0.2) is 42.5 Å². The van der Waals surface area contributed by atoms with Gasteiger partial charge in [0.1, 0.15) is 0 Å². The van der Waals surface area contributed by atoms with Gasteiger partial charge in [-0.15, -0.1) is 0 Å². The molecule has 0 saturated carbocycles. The summed E-state index contributed by atoms with van der Waals surface area (Å²) in [6.07, 6.45) is 0.993. The van der Waals surface area contributed by atoms with Crippen molar-refractivity contribution in [1.82, 2.24) is 5.32 Å². The van der Waals surface area contributed by atoms with E-state index in [1.165, 1.54) is 5.56 Å². The van der Waals surface area contributed by atoms with Gasteiger partial charge in [0, 0.05) is 27.7 Å². The maximum Gasteiger partial charge on any atom is 0.0465 e. The van der Waals surface area contributed by atoms with Gasteiger partial charge in [-0.05, 0) is 41.8 Å². The third-order valence-electron chi connectivity index (χ3n) is 3.23. The first-order valence-corrected chi connectivity index (χ1v) is 7.66. The molecule has 0 radical (unpaired) electrons. The lowest BCUT2D eigenvalue weighted by Crippen LogP contribution is -2.20. The number of nitrogens with one attached hydrogen (secondary N) is 1. The molecule has 0 spiro atoms. The lowest BCUT2D eigenvalue weighted by Gasteiger charge is -2.18. The van der Waals surface area contributed by atoms with Gasteiger partial charge in [-0.25, -0.2) is 0 Å². The average Bonchev–Trinajstić information content (AvgIpc) is 2.43. The van der Waals surface area contributed by atoms with E-state index in [0.29, 0.717) is 16.6 Å².